The Bertz CT molecular complexity index is 328. The van der Waals surface area contributed by atoms with Crippen molar-refractivity contribution in [3.63, 3.8) is 0 Å². The van der Waals surface area contributed by atoms with Crippen LogP contribution in [0.25, 0.3) is 0 Å². The van der Waals surface area contributed by atoms with E-state index in [1.54, 1.807) is 0 Å². The van der Waals surface area contributed by atoms with Crippen LogP contribution in [0.15, 0.2) is 22.7 Å². The first-order valence-electron chi connectivity index (χ1n) is 6.33. The third kappa shape index (κ3) is 6.08. The molecule has 0 aliphatic carbocycles. The summed E-state index contributed by atoms with van der Waals surface area (Å²) in [6.45, 7) is 7.26. The molecule has 0 spiro atoms. The predicted molar refractivity (Wildman–Crippen MR) is 76.8 cm³/mol. The summed E-state index contributed by atoms with van der Waals surface area (Å²) in [5.41, 5.74) is 1.24. The van der Waals surface area contributed by atoms with Crippen molar-refractivity contribution in [2.45, 2.75) is 33.1 Å². The first-order valence-corrected chi connectivity index (χ1v) is 7.13. The summed E-state index contributed by atoms with van der Waals surface area (Å²) in [5, 5.41) is 3.39. The maximum Gasteiger partial charge on any atom is 0.133 e. The minimum absolute atomic E-state index is 0.787. The number of hydrogen-bond acceptors (Lipinski definition) is 2. The quantitative estimate of drug-likeness (QED) is 0.735. The summed E-state index contributed by atoms with van der Waals surface area (Å²) in [4.78, 5) is 0. The van der Waals surface area contributed by atoms with Gasteiger partial charge in [-0.25, -0.2) is 0 Å². The lowest BCUT2D eigenvalue weighted by atomic mass is 10.2. The molecule has 0 aliphatic rings. The minimum Gasteiger partial charge on any atom is -0.492 e. The van der Waals surface area contributed by atoms with E-state index in [9.17, 15) is 0 Å². The van der Waals surface area contributed by atoms with Gasteiger partial charge in [0.1, 0.15) is 5.75 Å². The standard InChI is InChI=1S/C14H22BrNO/c1-3-8-16-9-4-5-10-17-14-7-6-12(2)11-13(14)15/h6-7,11,16H,3-5,8-10H2,1-2H3. The maximum absolute atomic E-state index is 5.72. The summed E-state index contributed by atoms with van der Waals surface area (Å²) >= 11 is 3.51. The fourth-order valence-electron chi connectivity index (χ4n) is 1.56. The molecule has 1 rings (SSSR count). The molecule has 1 aromatic carbocycles. The van der Waals surface area contributed by atoms with E-state index in [0.717, 1.165) is 36.3 Å². The Morgan fingerprint density at radius 3 is 2.76 bits per heavy atom. The molecule has 0 amide bonds. The zero-order chi connectivity index (χ0) is 12.5. The van der Waals surface area contributed by atoms with E-state index in [1.165, 1.54) is 18.4 Å². The Hall–Kier alpha value is -0.540. The zero-order valence-corrected chi connectivity index (χ0v) is 12.3. The van der Waals surface area contributed by atoms with Crippen LogP contribution in [0.4, 0.5) is 0 Å². The van der Waals surface area contributed by atoms with Gasteiger partial charge in [0.2, 0.25) is 0 Å². The summed E-state index contributed by atoms with van der Waals surface area (Å²) in [7, 11) is 0. The van der Waals surface area contributed by atoms with Gasteiger partial charge in [-0.15, -0.1) is 0 Å². The van der Waals surface area contributed by atoms with E-state index in [-0.39, 0.29) is 0 Å². The molecule has 0 heterocycles. The van der Waals surface area contributed by atoms with Crippen LogP contribution in [0.3, 0.4) is 0 Å². The highest BCUT2D eigenvalue weighted by atomic mass is 79.9. The van der Waals surface area contributed by atoms with Gasteiger partial charge in [-0.05, 0) is 72.9 Å². The molecular formula is C14H22BrNO. The van der Waals surface area contributed by atoms with Crippen molar-refractivity contribution in [2.75, 3.05) is 19.7 Å². The number of halogens is 1. The number of ether oxygens (including phenoxy) is 1. The van der Waals surface area contributed by atoms with Gasteiger partial charge in [0, 0.05) is 0 Å². The van der Waals surface area contributed by atoms with Crippen LogP contribution in [0.1, 0.15) is 31.7 Å². The van der Waals surface area contributed by atoms with Crippen LogP contribution < -0.4 is 10.1 Å². The molecular weight excluding hydrogens is 278 g/mol. The molecule has 0 saturated heterocycles. The SMILES string of the molecule is CCCNCCCCOc1ccc(C)cc1Br. The summed E-state index contributed by atoms with van der Waals surface area (Å²) in [6.07, 6.45) is 3.47. The normalized spacial score (nSPS) is 10.5. The molecule has 0 fully saturated rings. The molecule has 2 nitrogen and oxygen atoms in total. The van der Waals surface area contributed by atoms with Gasteiger partial charge in [0.05, 0.1) is 11.1 Å². The number of hydrogen-bond donors (Lipinski definition) is 1. The molecule has 0 radical (unpaired) electrons. The van der Waals surface area contributed by atoms with Gasteiger partial charge in [-0.2, -0.15) is 0 Å². The average molecular weight is 300 g/mol. The van der Waals surface area contributed by atoms with E-state index in [4.69, 9.17) is 4.74 Å². The maximum atomic E-state index is 5.72. The van der Waals surface area contributed by atoms with E-state index in [0.29, 0.717) is 0 Å². The summed E-state index contributed by atoms with van der Waals surface area (Å²) in [5.74, 6) is 0.942. The highest BCUT2D eigenvalue weighted by Crippen LogP contribution is 2.25. The van der Waals surface area contributed by atoms with Crippen molar-refractivity contribution in [3.05, 3.63) is 28.2 Å². The van der Waals surface area contributed by atoms with Gasteiger partial charge in [-0.3, -0.25) is 0 Å². The van der Waals surface area contributed by atoms with E-state index < -0.39 is 0 Å². The second-order valence-electron chi connectivity index (χ2n) is 4.24. The van der Waals surface area contributed by atoms with E-state index in [2.05, 4.69) is 47.2 Å². The Morgan fingerprint density at radius 2 is 2.06 bits per heavy atom. The Labute approximate surface area is 113 Å². The van der Waals surface area contributed by atoms with E-state index >= 15 is 0 Å². The van der Waals surface area contributed by atoms with Crippen molar-refractivity contribution in [1.82, 2.24) is 5.32 Å². The van der Waals surface area contributed by atoms with Crippen LogP contribution in [0, 0.1) is 6.92 Å². The second-order valence-corrected chi connectivity index (χ2v) is 5.09. The molecule has 3 heteroatoms. The highest BCUT2D eigenvalue weighted by Gasteiger charge is 2.00. The lowest BCUT2D eigenvalue weighted by molar-refractivity contribution is 0.304. The number of rotatable bonds is 8. The van der Waals surface area contributed by atoms with Crippen LogP contribution in [-0.4, -0.2) is 19.7 Å². The largest absolute Gasteiger partial charge is 0.492 e. The van der Waals surface area contributed by atoms with Gasteiger partial charge in [0.25, 0.3) is 0 Å². The molecule has 0 aromatic heterocycles. The molecule has 1 aromatic rings. The summed E-state index contributed by atoms with van der Waals surface area (Å²) < 4.78 is 6.77. The monoisotopic (exact) mass is 299 g/mol. The fraction of sp³-hybridized carbons (Fsp3) is 0.571. The van der Waals surface area contributed by atoms with Crippen LogP contribution >= 0.6 is 15.9 Å². The lowest BCUT2D eigenvalue weighted by Gasteiger charge is -2.09. The minimum atomic E-state index is 0.787. The summed E-state index contributed by atoms with van der Waals surface area (Å²) in [6, 6.07) is 6.18. The third-order valence-electron chi connectivity index (χ3n) is 2.52. The predicted octanol–water partition coefficient (Wildman–Crippen LogP) is 3.92. The van der Waals surface area contributed by atoms with Crippen LogP contribution in [-0.2, 0) is 0 Å². The fourth-order valence-corrected chi connectivity index (χ4v) is 2.17. The average Bonchev–Trinajstić information content (AvgIpc) is 2.30. The van der Waals surface area contributed by atoms with Crippen molar-refractivity contribution in [3.8, 4) is 5.75 Å². The lowest BCUT2D eigenvalue weighted by Crippen LogP contribution is -2.16. The molecule has 0 saturated carbocycles. The highest BCUT2D eigenvalue weighted by molar-refractivity contribution is 9.10. The van der Waals surface area contributed by atoms with Gasteiger partial charge >= 0.3 is 0 Å². The molecule has 96 valence electrons. The van der Waals surface area contributed by atoms with Crippen molar-refractivity contribution in [2.24, 2.45) is 0 Å². The Balaban J connectivity index is 2.14. The molecule has 17 heavy (non-hydrogen) atoms. The molecule has 0 unspecified atom stereocenters. The molecule has 0 aliphatic heterocycles. The third-order valence-corrected chi connectivity index (χ3v) is 3.14. The van der Waals surface area contributed by atoms with Gasteiger partial charge in [0.15, 0.2) is 0 Å². The van der Waals surface area contributed by atoms with Crippen molar-refractivity contribution in [1.29, 1.82) is 0 Å². The second kappa shape index (κ2) is 8.54. The Kier molecular flexibility index (Phi) is 7.29. The Morgan fingerprint density at radius 1 is 1.24 bits per heavy atom. The van der Waals surface area contributed by atoms with Crippen molar-refractivity contribution < 1.29 is 4.74 Å². The smallest absolute Gasteiger partial charge is 0.133 e. The molecule has 0 bridgehead atoms. The van der Waals surface area contributed by atoms with E-state index in [1.807, 2.05) is 6.07 Å². The number of unbranched alkanes of at least 4 members (excludes halogenated alkanes) is 1. The van der Waals surface area contributed by atoms with Crippen LogP contribution in [0.2, 0.25) is 0 Å². The number of nitrogens with one attached hydrogen (secondary N) is 1. The van der Waals surface area contributed by atoms with Crippen molar-refractivity contribution >= 4 is 15.9 Å². The van der Waals surface area contributed by atoms with Gasteiger partial charge < -0.3 is 10.1 Å². The molecule has 0 atom stereocenters. The van der Waals surface area contributed by atoms with Gasteiger partial charge in [-0.1, -0.05) is 13.0 Å². The first-order chi connectivity index (χ1) is 8.24. The first kappa shape index (κ1) is 14.5. The topological polar surface area (TPSA) is 21.3 Å². The number of aryl methyl sites for hydroxylation is 1. The molecule has 1 N–H and O–H groups in total. The number of benzene rings is 1. The van der Waals surface area contributed by atoms with Crippen LogP contribution in [0.5, 0.6) is 5.75 Å². The zero-order valence-electron chi connectivity index (χ0n) is 10.8.